The highest BCUT2D eigenvalue weighted by Gasteiger charge is 2.29. The Labute approximate surface area is 191 Å². The number of amides is 2. The highest BCUT2D eigenvalue weighted by atomic mass is 79.9. The van der Waals surface area contributed by atoms with Crippen molar-refractivity contribution in [1.29, 1.82) is 0 Å². The van der Waals surface area contributed by atoms with E-state index in [1.54, 1.807) is 23.1 Å². The summed E-state index contributed by atoms with van der Waals surface area (Å²) in [5.41, 5.74) is 2.06. The van der Waals surface area contributed by atoms with E-state index in [0.29, 0.717) is 28.2 Å². The third-order valence-electron chi connectivity index (χ3n) is 4.66. The maximum Gasteiger partial charge on any atom is 0.261 e. The van der Waals surface area contributed by atoms with Crippen molar-refractivity contribution in [2.45, 2.75) is 52.7 Å². The van der Waals surface area contributed by atoms with Crippen molar-refractivity contribution in [2.24, 2.45) is 0 Å². The van der Waals surface area contributed by atoms with Gasteiger partial charge < -0.3 is 15.0 Å². The Bertz CT molecular complexity index is 889. The lowest BCUT2D eigenvalue weighted by Gasteiger charge is -2.31. The number of rotatable bonds is 9. The van der Waals surface area contributed by atoms with Gasteiger partial charge in [-0.05, 0) is 72.4 Å². The molecule has 0 aliphatic rings. The van der Waals surface area contributed by atoms with Crippen LogP contribution in [0.2, 0.25) is 5.02 Å². The molecule has 30 heavy (non-hydrogen) atoms. The van der Waals surface area contributed by atoms with Crippen LogP contribution in [-0.2, 0) is 16.1 Å². The number of hydrogen-bond acceptors (Lipinski definition) is 3. The number of aryl methyl sites for hydroxylation is 1. The van der Waals surface area contributed by atoms with Crippen LogP contribution in [-0.4, -0.2) is 35.4 Å². The second-order valence-electron chi connectivity index (χ2n) is 7.40. The van der Waals surface area contributed by atoms with Crippen LogP contribution in [0.15, 0.2) is 46.9 Å². The number of carbonyl (C=O) groups is 2. The van der Waals surface area contributed by atoms with E-state index in [1.807, 2.05) is 52.0 Å². The number of hydrogen-bond donors (Lipinski definition) is 1. The predicted molar refractivity (Wildman–Crippen MR) is 124 cm³/mol. The number of nitrogens with one attached hydrogen (secondary N) is 1. The van der Waals surface area contributed by atoms with E-state index in [-0.39, 0.29) is 24.5 Å². The lowest BCUT2D eigenvalue weighted by molar-refractivity contribution is -0.143. The van der Waals surface area contributed by atoms with Crippen LogP contribution in [0.3, 0.4) is 0 Å². The highest BCUT2D eigenvalue weighted by molar-refractivity contribution is 9.10. The van der Waals surface area contributed by atoms with E-state index in [9.17, 15) is 9.59 Å². The van der Waals surface area contributed by atoms with Crippen LogP contribution >= 0.6 is 27.5 Å². The molecule has 1 atom stereocenters. The van der Waals surface area contributed by atoms with Gasteiger partial charge in [0.15, 0.2) is 6.61 Å². The van der Waals surface area contributed by atoms with Crippen molar-refractivity contribution in [1.82, 2.24) is 10.2 Å². The van der Waals surface area contributed by atoms with Gasteiger partial charge in [0, 0.05) is 17.6 Å². The number of benzene rings is 2. The molecule has 2 aromatic rings. The van der Waals surface area contributed by atoms with Gasteiger partial charge in [0.2, 0.25) is 5.91 Å². The molecular formula is C23H28BrClN2O3. The summed E-state index contributed by atoms with van der Waals surface area (Å²) >= 11 is 9.36. The van der Waals surface area contributed by atoms with Crippen LogP contribution in [0.1, 0.15) is 38.3 Å². The first-order chi connectivity index (χ1) is 14.2. The molecule has 0 radical (unpaired) electrons. The maximum absolute atomic E-state index is 13.2. The molecule has 0 heterocycles. The zero-order chi connectivity index (χ0) is 22.3. The third kappa shape index (κ3) is 6.74. The molecule has 0 unspecified atom stereocenters. The number of ether oxygens (including phenoxy) is 1. The summed E-state index contributed by atoms with van der Waals surface area (Å²) in [6.45, 7) is 7.85. The number of carbonyl (C=O) groups excluding carboxylic acids is 2. The maximum atomic E-state index is 13.2. The van der Waals surface area contributed by atoms with Gasteiger partial charge in [-0.25, -0.2) is 0 Å². The fourth-order valence-electron chi connectivity index (χ4n) is 3.09. The average Bonchev–Trinajstić information content (AvgIpc) is 2.67. The molecule has 2 aromatic carbocycles. The minimum Gasteiger partial charge on any atom is -0.483 e. The molecule has 0 saturated heterocycles. The van der Waals surface area contributed by atoms with Crippen LogP contribution in [0.5, 0.6) is 5.75 Å². The Balaban J connectivity index is 2.25. The van der Waals surface area contributed by atoms with Crippen molar-refractivity contribution in [3.8, 4) is 5.75 Å². The summed E-state index contributed by atoms with van der Waals surface area (Å²) in [5.74, 6) is 0.0937. The SMILES string of the molecule is CC[C@H](C(=O)NC(C)C)N(Cc1ccccc1C)C(=O)COc1ccc(Cl)cc1Br. The Morgan fingerprint density at radius 2 is 1.90 bits per heavy atom. The van der Waals surface area contributed by atoms with Gasteiger partial charge in [0.25, 0.3) is 5.91 Å². The Kier molecular flexibility index (Phi) is 9.18. The first-order valence-electron chi connectivity index (χ1n) is 9.95. The molecule has 0 spiro atoms. The van der Waals surface area contributed by atoms with E-state index in [4.69, 9.17) is 16.3 Å². The molecule has 2 rings (SSSR count). The van der Waals surface area contributed by atoms with E-state index < -0.39 is 6.04 Å². The minimum absolute atomic E-state index is 0.0109. The predicted octanol–water partition coefficient (Wildman–Crippen LogP) is 5.12. The Hall–Kier alpha value is -2.05. The molecule has 0 saturated carbocycles. The van der Waals surface area contributed by atoms with Crippen molar-refractivity contribution in [3.63, 3.8) is 0 Å². The average molecular weight is 496 g/mol. The summed E-state index contributed by atoms with van der Waals surface area (Å²) in [7, 11) is 0. The number of nitrogens with zero attached hydrogens (tertiary/aromatic N) is 1. The van der Waals surface area contributed by atoms with Crippen molar-refractivity contribution >= 4 is 39.3 Å². The zero-order valence-electron chi connectivity index (χ0n) is 17.7. The minimum atomic E-state index is -0.586. The lowest BCUT2D eigenvalue weighted by atomic mass is 10.1. The Morgan fingerprint density at radius 1 is 1.20 bits per heavy atom. The van der Waals surface area contributed by atoms with Gasteiger partial charge in [0.05, 0.1) is 4.47 Å². The van der Waals surface area contributed by atoms with Gasteiger partial charge in [-0.3, -0.25) is 9.59 Å². The molecule has 5 nitrogen and oxygen atoms in total. The standard InChI is InChI=1S/C23H28BrClN2O3/c1-5-20(23(29)26-15(2)3)27(13-17-9-7-6-8-16(17)4)22(28)14-30-21-11-10-18(25)12-19(21)24/h6-12,15,20H,5,13-14H2,1-4H3,(H,26,29)/t20-/m1/s1. The Morgan fingerprint density at radius 3 is 2.50 bits per heavy atom. The molecule has 7 heteroatoms. The fraction of sp³-hybridized carbons (Fsp3) is 0.391. The van der Waals surface area contributed by atoms with Gasteiger partial charge in [-0.15, -0.1) is 0 Å². The zero-order valence-corrected chi connectivity index (χ0v) is 20.1. The summed E-state index contributed by atoms with van der Waals surface area (Å²) < 4.78 is 6.39. The van der Waals surface area contributed by atoms with Crippen LogP contribution in [0.4, 0.5) is 0 Å². The highest BCUT2D eigenvalue weighted by Crippen LogP contribution is 2.28. The van der Waals surface area contributed by atoms with E-state index in [1.165, 1.54) is 0 Å². The fourth-order valence-corrected chi connectivity index (χ4v) is 3.88. The summed E-state index contributed by atoms with van der Waals surface area (Å²) in [6.07, 6.45) is 0.501. The molecule has 0 fully saturated rings. The quantitative estimate of drug-likeness (QED) is 0.525. The molecule has 0 aliphatic carbocycles. The van der Waals surface area contributed by atoms with Gasteiger partial charge >= 0.3 is 0 Å². The monoisotopic (exact) mass is 494 g/mol. The van der Waals surface area contributed by atoms with Crippen LogP contribution in [0, 0.1) is 6.92 Å². The summed E-state index contributed by atoms with van der Waals surface area (Å²) in [5, 5.41) is 3.49. The first-order valence-corrected chi connectivity index (χ1v) is 11.1. The molecule has 2 amide bonds. The number of halogens is 2. The largest absolute Gasteiger partial charge is 0.483 e. The first kappa shape index (κ1) is 24.2. The van der Waals surface area contributed by atoms with Gasteiger partial charge in [-0.2, -0.15) is 0 Å². The second-order valence-corrected chi connectivity index (χ2v) is 8.69. The summed E-state index contributed by atoms with van der Waals surface area (Å²) in [6, 6.07) is 12.4. The van der Waals surface area contributed by atoms with E-state index >= 15 is 0 Å². The topological polar surface area (TPSA) is 58.6 Å². The van der Waals surface area contributed by atoms with Crippen LogP contribution < -0.4 is 10.1 Å². The van der Waals surface area contributed by atoms with E-state index in [2.05, 4.69) is 21.2 Å². The molecule has 1 N–H and O–H groups in total. The summed E-state index contributed by atoms with van der Waals surface area (Å²) in [4.78, 5) is 27.6. The molecule has 0 aliphatic heterocycles. The molecular weight excluding hydrogens is 468 g/mol. The van der Waals surface area contributed by atoms with Gasteiger partial charge in [0.1, 0.15) is 11.8 Å². The van der Waals surface area contributed by atoms with Crippen molar-refractivity contribution < 1.29 is 14.3 Å². The second kappa shape index (κ2) is 11.4. The van der Waals surface area contributed by atoms with Crippen molar-refractivity contribution in [2.75, 3.05) is 6.61 Å². The molecule has 162 valence electrons. The van der Waals surface area contributed by atoms with Gasteiger partial charge in [-0.1, -0.05) is 42.8 Å². The normalized spacial score (nSPS) is 11.8. The van der Waals surface area contributed by atoms with E-state index in [0.717, 1.165) is 11.1 Å². The van der Waals surface area contributed by atoms with Crippen LogP contribution in [0.25, 0.3) is 0 Å². The third-order valence-corrected chi connectivity index (χ3v) is 5.52. The lowest BCUT2D eigenvalue weighted by Crippen LogP contribution is -2.51. The molecule has 0 bridgehead atoms. The smallest absolute Gasteiger partial charge is 0.261 e. The van der Waals surface area contributed by atoms with Crippen molar-refractivity contribution in [3.05, 3.63) is 63.1 Å². The molecule has 0 aromatic heterocycles.